The number of benzene rings is 2. The third kappa shape index (κ3) is 4.69. The molecule has 2 aromatic carbocycles. The van der Waals surface area contributed by atoms with Crippen LogP contribution in [0.4, 0.5) is 16.5 Å². The summed E-state index contributed by atoms with van der Waals surface area (Å²) < 4.78 is 0.658. The lowest BCUT2D eigenvalue weighted by atomic mass is 10.2. The highest BCUT2D eigenvalue weighted by atomic mass is 32.2. The van der Waals surface area contributed by atoms with Gasteiger partial charge in [-0.25, -0.2) is 0 Å². The largest absolute Gasteiger partial charge is 0.330 e. The summed E-state index contributed by atoms with van der Waals surface area (Å²) >= 11 is 2.65. The van der Waals surface area contributed by atoms with E-state index in [4.69, 9.17) is 5.26 Å². The topological polar surface area (TPSA) is 105 Å². The molecule has 1 aromatic heterocycles. The van der Waals surface area contributed by atoms with Crippen molar-refractivity contribution >= 4 is 44.5 Å². The number of aromatic nitrogens is 2. The molecule has 0 atom stereocenters. The molecule has 0 aliphatic heterocycles. The average molecular weight is 395 g/mol. The Morgan fingerprint density at radius 2 is 2.00 bits per heavy atom. The van der Waals surface area contributed by atoms with Gasteiger partial charge in [-0.15, -0.1) is 10.2 Å². The average Bonchev–Trinajstić information content (AvgIpc) is 3.10. The highest BCUT2D eigenvalue weighted by Gasteiger charge is 2.12. The fourth-order valence-electron chi connectivity index (χ4n) is 2.20. The van der Waals surface area contributed by atoms with Gasteiger partial charge in [-0.1, -0.05) is 41.3 Å². The van der Waals surface area contributed by atoms with Gasteiger partial charge < -0.3 is 5.32 Å². The van der Waals surface area contributed by atoms with E-state index in [-0.39, 0.29) is 5.69 Å². The first-order valence-corrected chi connectivity index (χ1v) is 9.39. The first-order valence-electron chi connectivity index (χ1n) is 7.75. The van der Waals surface area contributed by atoms with Crippen LogP contribution in [0.3, 0.4) is 0 Å². The normalized spacial score (nSPS) is 11.0. The molecule has 0 unspecified atom stereocenters. The van der Waals surface area contributed by atoms with Crippen molar-refractivity contribution in [2.24, 2.45) is 0 Å². The number of hydrogen-bond donors (Lipinski definition) is 1. The van der Waals surface area contributed by atoms with E-state index in [1.807, 2.05) is 37.3 Å². The number of para-hydroxylation sites is 1. The Morgan fingerprint density at radius 1 is 1.26 bits per heavy atom. The highest BCUT2D eigenvalue weighted by molar-refractivity contribution is 8.09. The number of thioether (sulfide) groups is 1. The van der Waals surface area contributed by atoms with Crippen molar-refractivity contribution in [2.75, 3.05) is 5.32 Å². The summed E-state index contributed by atoms with van der Waals surface area (Å²) in [6.45, 7) is 2.00. The van der Waals surface area contributed by atoms with Crippen molar-refractivity contribution in [3.05, 3.63) is 75.8 Å². The lowest BCUT2D eigenvalue weighted by Crippen LogP contribution is -1.91. The highest BCUT2D eigenvalue weighted by Crippen LogP contribution is 2.38. The molecule has 0 saturated carbocycles. The third-order valence-corrected chi connectivity index (χ3v) is 5.51. The molecule has 1 heterocycles. The molecule has 0 fully saturated rings. The van der Waals surface area contributed by atoms with Crippen LogP contribution in [0.15, 0.2) is 58.9 Å². The summed E-state index contributed by atoms with van der Waals surface area (Å²) in [5.41, 5.74) is 2.75. The molecule has 0 bridgehead atoms. The summed E-state index contributed by atoms with van der Waals surface area (Å²) in [5.74, 6) is 0. The molecule has 3 aromatic rings. The van der Waals surface area contributed by atoms with Gasteiger partial charge in [0.1, 0.15) is 0 Å². The van der Waals surface area contributed by atoms with Gasteiger partial charge in [-0.3, -0.25) is 10.1 Å². The predicted molar refractivity (Wildman–Crippen MR) is 107 cm³/mol. The van der Waals surface area contributed by atoms with Gasteiger partial charge in [0.2, 0.25) is 5.13 Å². The Balaban J connectivity index is 1.77. The number of non-ortho nitro benzene ring substituents is 1. The second kappa shape index (κ2) is 8.44. The van der Waals surface area contributed by atoms with Crippen LogP contribution in [0.5, 0.6) is 0 Å². The summed E-state index contributed by atoms with van der Waals surface area (Å²) in [6.07, 6.45) is 1.39. The van der Waals surface area contributed by atoms with Crippen LogP contribution in [0, 0.1) is 28.4 Å². The number of rotatable bonds is 6. The Kier molecular flexibility index (Phi) is 5.80. The fraction of sp³-hybridized carbons (Fsp3) is 0.0556. The first-order chi connectivity index (χ1) is 13.1. The van der Waals surface area contributed by atoms with Crippen molar-refractivity contribution < 1.29 is 4.92 Å². The summed E-state index contributed by atoms with van der Waals surface area (Å²) in [6, 6.07) is 15.9. The second-order valence-electron chi connectivity index (χ2n) is 5.36. The molecule has 0 saturated heterocycles. The van der Waals surface area contributed by atoms with Crippen molar-refractivity contribution in [3.8, 4) is 6.07 Å². The number of allylic oxidation sites excluding steroid dienone is 1. The molecule has 134 valence electrons. The number of nitriles is 1. The van der Waals surface area contributed by atoms with E-state index in [2.05, 4.69) is 15.5 Å². The van der Waals surface area contributed by atoms with Crippen LogP contribution >= 0.6 is 23.1 Å². The zero-order chi connectivity index (χ0) is 19.2. The van der Waals surface area contributed by atoms with Crippen LogP contribution in [-0.2, 0) is 0 Å². The van der Waals surface area contributed by atoms with Gasteiger partial charge >= 0.3 is 0 Å². The van der Waals surface area contributed by atoms with Gasteiger partial charge in [0.25, 0.3) is 5.69 Å². The number of nitro groups is 1. The number of nitrogens with zero attached hydrogens (tertiary/aromatic N) is 4. The molecular formula is C18H13N5O2S2. The van der Waals surface area contributed by atoms with E-state index < -0.39 is 4.92 Å². The fourth-order valence-corrected chi connectivity index (χ4v) is 4.00. The smallest absolute Gasteiger partial charge is 0.269 e. The second-order valence-corrected chi connectivity index (χ2v) is 7.62. The Morgan fingerprint density at radius 3 is 2.67 bits per heavy atom. The van der Waals surface area contributed by atoms with Gasteiger partial charge in [0.15, 0.2) is 4.34 Å². The van der Waals surface area contributed by atoms with Gasteiger partial charge in [-0.05, 0) is 36.2 Å². The minimum Gasteiger partial charge on any atom is -0.330 e. The third-order valence-electron chi connectivity index (χ3n) is 3.55. The van der Waals surface area contributed by atoms with Crippen molar-refractivity contribution in [1.82, 2.24) is 10.2 Å². The molecule has 1 N–H and O–H groups in total. The minimum absolute atomic E-state index is 0.000639. The van der Waals surface area contributed by atoms with Gasteiger partial charge in [0, 0.05) is 28.8 Å². The number of aryl methyl sites for hydroxylation is 1. The summed E-state index contributed by atoms with van der Waals surface area (Å²) in [5, 5.41) is 32.0. The quantitative estimate of drug-likeness (QED) is 0.266. The molecule has 7 nitrogen and oxygen atoms in total. The molecule has 0 aliphatic carbocycles. The van der Waals surface area contributed by atoms with E-state index >= 15 is 0 Å². The van der Waals surface area contributed by atoms with Crippen molar-refractivity contribution in [2.45, 2.75) is 11.3 Å². The Labute approximate surface area is 163 Å². The van der Waals surface area contributed by atoms with Crippen LogP contribution in [-0.4, -0.2) is 15.1 Å². The lowest BCUT2D eigenvalue weighted by molar-refractivity contribution is -0.384. The zero-order valence-corrected chi connectivity index (χ0v) is 15.8. The molecule has 3 rings (SSSR count). The monoisotopic (exact) mass is 395 g/mol. The summed E-state index contributed by atoms with van der Waals surface area (Å²) in [4.78, 5) is 11.0. The van der Waals surface area contributed by atoms with E-state index in [9.17, 15) is 10.1 Å². The lowest BCUT2D eigenvalue weighted by Gasteiger charge is -2.05. The van der Waals surface area contributed by atoms with Crippen molar-refractivity contribution in [3.63, 3.8) is 0 Å². The number of nitro benzene ring substituents is 1. The van der Waals surface area contributed by atoms with Gasteiger partial charge in [0.05, 0.1) is 11.0 Å². The minimum atomic E-state index is -0.459. The zero-order valence-electron chi connectivity index (χ0n) is 14.1. The molecule has 0 spiro atoms. The molecule has 0 radical (unpaired) electrons. The molecule has 0 amide bonds. The van der Waals surface area contributed by atoms with Crippen molar-refractivity contribution in [1.29, 1.82) is 5.26 Å². The van der Waals surface area contributed by atoms with E-state index in [1.54, 1.807) is 12.1 Å². The number of anilines is 2. The first kappa shape index (κ1) is 18.6. The maximum atomic E-state index is 10.8. The van der Waals surface area contributed by atoms with Crippen LogP contribution < -0.4 is 5.32 Å². The SMILES string of the molecule is Cc1ccccc1Nc1nnc(S/C(=C\C#N)c2ccc([N+](=O)[O-])cc2)s1. The molecule has 27 heavy (non-hydrogen) atoms. The van der Waals surface area contributed by atoms with Crippen LogP contribution in [0.1, 0.15) is 11.1 Å². The molecule has 9 heteroatoms. The van der Waals surface area contributed by atoms with E-state index in [0.717, 1.165) is 11.3 Å². The van der Waals surface area contributed by atoms with Gasteiger partial charge in [-0.2, -0.15) is 5.26 Å². The Bertz CT molecular complexity index is 1040. The van der Waals surface area contributed by atoms with Crippen LogP contribution in [0.2, 0.25) is 0 Å². The standard InChI is InChI=1S/C18H13N5O2S2/c1-12-4-2-3-5-15(12)20-17-21-22-18(27-17)26-16(10-11-19)13-6-8-14(9-7-13)23(24)25/h2-10H,1H3,(H,20,21)/b16-10-. The predicted octanol–water partition coefficient (Wildman–Crippen LogP) is 5.16. The van der Waals surface area contributed by atoms with E-state index in [1.165, 1.54) is 41.3 Å². The maximum absolute atomic E-state index is 10.8. The molecule has 0 aliphatic rings. The Hall–Kier alpha value is -3.22. The summed E-state index contributed by atoms with van der Waals surface area (Å²) in [7, 11) is 0. The number of hydrogen-bond acceptors (Lipinski definition) is 8. The number of nitrogens with one attached hydrogen (secondary N) is 1. The van der Waals surface area contributed by atoms with E-state index in [0.29, 0.717) is 19.9 Å². The maximum Gasteiger partial charge on any atom is 0.269 e. The molecular weight excluding hydrogens is 382 g/mol. The van der Waals surface area contributed by atoms with Crippen LogP contribution in [0.25, 0.3) is 4.91 Å².